The Morgan fingerprint density at radius 2 is 0.696 bits per heavy atom. The standard InChI is InChI=1S/C66H41N3/c1-3-13-46-35-50(29-27-42(46)11-1)52-31-33-63-60(39-52)61-40-53(51-30-28-43-12-2-4-14-47(43)36-51)32-34-64(61)69(63)55-18-10-16-49(38-55)45-25-23-44(24-26-45)48-15-9-17-54(37-48)62-41-67-65-58-21-7-5-19-56(58)57-20-6-8-22-59(57)66(65)68-62/h1-41H. The molecule has 0 unspecified atom stereocenters. The molecular weight excluding hydrogens is 835 g/mol. The molecule has 2 aromatic heterocycles. The van der Waals surface area contributed by atoms with Crippen LogP contribution in [-0.4, -0.2) is 14.5 Å². The molecule has 2 heterocycles. The summed E-state index contributed by atoms with van der Waals surface area (Å²) in [5, 5.41) is 12.1. The molecule has 0 saturated heterocycles. The van der Waals surface area contributed by atoms with Crippen LogP contribution in [0.1, 0.15) is 0 Å². The summed E-state index contributed by atoms with van der Waals surface area (Å²) < 4.78 is 2.43. The highest BCUT2D eigenvalue weighted by molar-refractivity contribution is 6.23. The summed E-state index contributed by atoms with van der Waals surface area (Å²) in [7, 11) is 0. The number of nitrogens with zero attached hydrogens (tertiary/aromatic N) is 3. The van der Waals surface area contributed by atoms with Gasteiger partial charge in [-0.1, -0.05) is 188 Å². The molecular formula is C66H41N3. The first-order valence-corrected chi connectivity index (χ1v) is 23.6. The van der Waals surface area contributed by atoms with Crippen molar-refractivity contribution in [3.05, 3.63) is 249 Å². The number of aromatic nitrogens is 3. The number of hydrogen-bond donors (Lipinski definition) is 0. The Bertz CT molecular complexity index is 4200. The quantitative estimate of drug-likeness (QED) is 0.156. The third-order valence-corrected chi connectivity index (χ3v) is 14.2. The van der Waals surface area contributed by atoms with Gasteiger partial charge >= 0.3 is 0 Å². The van der Waals surface area contributed by atoms with Gasteiger partial charge in [0.1, 0.15) is 0 Å². The van der Waals surface area contributed by atoms with Gasteiger partial charge in [-0.25, -0.2) is 4.98 Å². The van der Waals surface area contributed by atoms with Crippen molar-refractivity contribution in [3.8, 4) is 61.5 Å². The van der Waals surface area contributed by atoms with Crippen molar-refractivity contribution < 1.29 is 0 Å². The van der Waals surface area contributed by atoms with Crippen LogP contribution in [0.25, 0.3) is 137 Å². The van der Waals surface area contributed by atoms with E-state index in [9.17, 15) is 0 Å². The third-order valence-electron chi connectivity index (χ3n) is 14.2. The number of rotatable bonds is 6. The fourth-order valence-corrected chi connectivity index (χ4v) is 10.7. The molecule has 14 rings (SSSR count). The third kappa shape index (κ3) is 6.58. The Morgan fingerprint density at radius 1 is 0.261 bits per heavy atom. The summed E-state index contributed by atoms with van der Waals surface area (Å²) >= 11 is 0. The SMILES string of the molecule is c1cc(-c2ccc(-c3cccc(-n4c5ccc(-c6ccc7ccccc7c6)cc5c5cc(-c6ccc7ccccc7c6)ccc54)c3)cc2)cc(-c2cnc3c4ccccc4c4ccccc4c3n2)c1. The lowest BCUT2D eigenvalue weighted by Crippen LogP contribution is -1.94. The normalized spacial score (nSPS) is 11.8. The lowest BCUT2D eigenvalue weighted by Gasteiger charge is -2.12. The summed E-state index contributed by atoms with van der Waals surface area (Å²) in [4.78, 5) is 10.3. The Kier molecular flexibility index (Phi) is 8.90. The Labute approximate surface area is 398 Å². The van der Waals surface area contributed by atoms with Crippen LogP contribution in [0.2, 0.25) is 0 Å². The largest absolute Gasteiger partial charge is 0.309 e. The molecule has 0 saturated carbocycles. The maximum atomic E-state index is 5.27. The lowest BCUT2D eigenvalue weighted by molar-refractivity contribution is 1.18. The molecule has 0 amide bonds. The van der Waals surface area contributed by atoms with Crippen molar-refractivity contribution >= 4 is 75.9 Å². The molecule has 0 aliphatic carbocycles. The van der Waals surface area contributed by atoms with Gasteiger partial charge in [-0.2, -0.15) is 0 Å². The van der Waals surface area contributed by atoms with Crippen molar-refractivity contribution in [2.24, 2.45) is 0 Å². The van der Waals surface area contributed by atoms with Crippen LogP contribution in [0.4, 0.5) is 0 Å². The molecule has 3 heteroatoms. The number of benzene rings is 12. The topological polar surface area (TPSA) is 30.7 Å². The van der Waals surface area contributed by atoms with Gasteiger partial charge in [0.15, 0.2) is 0 Å². The van der Waals surface area contributed by atoms with Crippen molar-refractivity contribution in [1.82, 2.24) is 14.5 Å². The van der Waals surface area contributed by atoms with E-state index in [1.165, 1.54) is 76.4 Å². The zero-order chi connectivity index (χ0) is 45.4. The van der Waals surface area contributed by atoms with Crippen LogP contribution >= 0.6 is 0 Å². The predicted octanol–water partition coefficient (Wildman–Crippen LogP) is 17.7. The molecule has 12 aromatic carbocycles. The van der Waals surface area contributed by atoms with Crippen molar-refractivity contribution in [1.29, 1.82) is 0 Å². The molecule has 0 aliphatic rings. The zero-order valence-electron chi connectivity index (χ0n) is 37.5. The van der Waals surface area contributed by atoms with E-state index in [0.29, 0.717) is 0 Å². The van der Waals surface area contributed by atoms with E-state index < -0.39 is 0 Å². The second-order valence-corrected chi connectivity index (χ2v) is 18.2. The zero-order valence-corrected chi connectivity index (χ0v) is 37.5. The van der Waals surface area contributed by atoms with E-state index in [2.05, 4.69) is 247 Å². The first-order valence-electron chi connectivity index (χ1n) is 23.6. The Balaban J connectivity index is 0.833. The monoisotopic (exact) mass is 875 g/mol. The van der Waals surface area contributed by atoms with Gasteiger partial charge < -0.3 is 4.57 Å². The second-order valence-electron chi connectivity index (χ2n) is 18.2. The van der Waals surface area contributed by atoms with E-state index in [4.69, 9.17) is 9.97 Å². The minimum Gasteiger partial charge on any atom is -0.309 e. The van der Waals surface area contributed by atoms with Crippen LogP contribution in [0.3, 0.4) is 0 Å². The molecule has 0 spiro atoms. The van der Waals surface area contributed by atoms with Gasteiger partial charge in [0.2, 0.25) is 0 Å². The predicted molar refractivity (Wildman–Crippen MR) is 291 cm³/mol. The molecule has 0 radical (unpaired) electrons. The first-order chi connectivity index (χ1) is 34.2. The maximum Gasteiger partial charge on any atom is 0.0979 e. The summed E-state index contributed by atoms with van der Waals surface area (Å²) in [6, 6.07) is 88.3. The van der Waals surface area contributed by atoms with Crippen LogP contribution in [0.15, 0.2) is 249 Å². The highest BCUT2D eigenvalue weighted by Crippen LogP contribution is 2.40. The summed E-state index contributed by atoms with van der Waals surface area (Å²) in [5.74, 6) is 0. The molecule has 3 nitrogen and oxygen atoms in total. The molecule has 0 aliphatic heterocycles. The van der Waals surface area contributed by atoms with Crippen LogP contribution in [0, 0.1) is 0 Å². The highest BCUT2D eigenvalue weighted by atomic mass is 15.0. The molecule has 0 fully saturated rings. The van der Waals surface area contributed by atoms with E-state index in [1.54, 1.807) is 0 Å². The lowest BCUT2D eigenvalue weighted by atomic mass is 9.98. The average molecular weight is 876 g/mol. The van der Waals surface area contributed by atoms with E-state index in [0.717, 1.165) is 61.0 Å². The molecule has 14 aromatic rings. The Hall–Kier alpha value is -9.18. The fourth-order valence-electron chi connectivity index (χ4n) is 10.7. The summed E-state index contributed by atoms with van der Waals surface area (Å²) in [6.45, 7) is 0. The van der Waals surface area contributed by atoms with E-state index in [-0.39, 0.29) is 0 Å². The van der Waals surface area contributed by atoms with Gasteiger partial charge in [0, 0.05) is 32.8 Å². The molecule has 0 N–H and O–H groups in total. The van der Waals surface area contributed by atoms with Crippen molar-refractivity contribution in [3.63, 3.8) is 0 Å². The molecule has 0 atom stereocenters. The summed E-state index contributed by atoms with van der Waals surface area (Å²) in [5.41, 5.74) is 16.7. The van der Waals surface area contributed by atoms with Crippen LogP contribution in [0.5, 0.6) is 0 Å². The second kappa shape index (κ2) is 15.7. The van der Waals surface area contributed by atoms with Crippen molar-refractivity contribution in [2.45, 2.75) is 0 Å². The first kappa shape index (κ1) is 39.0. The number of hydrogen-bond acceptors (Lipinski definition) is 2. The van der Waals surface area contributed by atoms with Crippen LogP contribution in [-0.2, 0) is 0 Å². The summed E-state index contributed by atoms with van der Waals surface area (Å²) in [6.07, 6.45) is 1.92. The minimum absolute atomic E-state index is 0.859. The van der Waals surface area contributed by atoms with Gasteiger partial charge in [-0.05, 0) is 131 Å². The fraction of sp³-hybridized carbons (Fsp3) is 0. The van der Waals surface area contributed by atoms with Gasteiger partial charge in [-0.3, -0.25) is 4.98 Å². The minimum atomic E-state index is 0.859. The highest BCUT2D eigenvalue weighted by Gasteiger charge is 2.17. The van der Waals surface area contributed by atoms with Gasteiger partial charge in [0.05, 0.1) is 34.0 Å². The van der Waals surface area contributed by atoms with Gasteiger partial charge in [0.25, 0.3) is 0 Å². The van der Waals surface area contributed by atoms with Gasteiger partial charge in [-0.15, -0.1) is 0 Å². The van der Waals surface area contributed by atoms with E-state index in [1.807, 2.05) is 6.20 Å². The number of fused-ring (bicyclic) bond motifs is 11. The van der Waals surface area contributed by atoms with Crippen LogP contribution < -0.4 is 0 Å². The molecule has 320 valence electrons. The molecule has 0 bridgehead atoms. The smallest absolute Gasteiger partial charge is 0.0979 e. The average Bonchev–Trinajstić information content (AvgIpc) is 3.76. The molecule has 69 heavy (non-hydrogen) atoms. The van der Waals surface area contributed by atoms with E-state index >= 15 is 0 Å². The van der Waals surface area contributed by atoms with Crippen molar-refractivity contribution in [2.75, 3.05) is 0 Å². The Morgan fingerprint density at radius 3 is 1.29 bits per heavy atom. The maximum absolute atomic E-state index is 5.27.